The molecular formula is C25H31F3N6O. The van der Waals surface area contributed by atoms with Crippen molar-refractivity contribution < 1.29 is 18.0 Å². The Labute approximate surface area is 203 Å². The molecule has 4 saturated heterocycles. The van der Waals surface area contributed by atoms with E-state index in [1.807, 2.05) is 6.07 Å². The number of hydrogen-bond donors (Lipinski definition) is 1. The number of carbonyl (C=O) groups is 1. The highest BCUT2D eigenvalue weighted by Crippen LogP contribution is 2.36. The van der Waals surface area contributed by atoms with E-state index in [4.69, 9.17) is 0 Å². The van der Waals surface area contributed by atoms with Crippen molar-refractivity contribution in [1.29, 1.82) is 0 Å². The van der Waals surface area contributed by atoms with Crippen molar-refractivity contribution in [2.24, 2.45) is 11.8 Å². The van der Waals surface area contributed by atoms with Crippen LogP contribution in [0.1, 0.15) is 28.8 Å². The molecule has 0 aliphatic carbocycles. The van der Waals surface area contributed by atoms with Gasteiger partial charge in [0.2, 0.25) is 5.95 Å². The average Bonchev–Trinajstić information content (AvgIpc) is 2.88. The summed E-state index contributed by atoms with van der Waals surface area (Å²) >= 11 is 0. The van der Waals surface area contributed by atoms with Crippen LogP contribution in [0.4, 0.5) is 19.1 Å². The fourth-order valence-electron chi connectivity index (χ4n) is 5.71. The number of aromatic nitrogens is 2. The lowest BCUT2D eigenvalue weighted by atomic mass is 9.75. The van der Waals surface area contributed by atoms with Crippen LogP contribution in [0, 0.1) is 11.8 Å². The summed E-state index contributed by atoms with van der Waals surface area (Å²) in [6.07, 6.45) is 1.40. The Morgan fingerprint density at radius 1 is 1.03 bits per heavy atom. The largest absolute Gasteiger partial charge is 0.416 e. The van der Waals surface area contributed by atoms with E-state index in [0.717, 1.165) is 70.3 Å². The molecule has 4 aliphatic heterocycles. The first kappa shape index (κ1) is 24.0. The molecule has 0 radical (unpaired) electrons. The number of amides is 1. The topological polar surface area (TPSA) is 64.6 Å². The second-order valence-corrected chi connectivity index (χ2v) is 9.81. The molecule has 6 rings (SSSR count). The molecule has 1 unspecified atom stereocenters. The van der Waals surface area contributed by atoms with Gasteiger partial charge in [0.25, 0.3) is 5.91 Å². The van der Waals surface area contributed by atoms with Gasteiger partial charge in [0.15, 0.2) is 0 Å². The third-order valence-corrected chi connectivity index (χ3v) is 7.69. The first-order valence-corrected chi connectivity index (χ1v) is 12.3. The van der Waals surface area contributed by atoms with Crippen molar-refractivity contribution in [1.82, 2.24) is 25.1 Å². The number of benzene rings is 1. The van der Waals surface area contributed by atoms with Crippen molar-refractivity contribution in [3.8, 4) is 0 Å². The third-order valence-electron chi connectivity index (χ3n) is 7.69. The maximum atomic E-state index is 12.7. The second-order valence-electron chi connectivity index (χ2n) is 9.81. The minimum atomic E-state index is -4.40. The Bertz CT molecular complexity index is 995. The maximum absolute atomic E-state index is 12.7. The van der Waals surface area contributed by atoms with Crippen molar-refractivity contribution in [2.75, 3.05) is 57.3 Å². The van der Waals surface area contributed by atoms with Gasteiger partial charge in [-0.05, 0) is 61.6 Å². The molecule has 35 heavy (non-hydrogen) atoms. The fourth-order valence-corrected chi connectivity index (χ4v) is 5.71. The second kappa shape index (κ2) is 10.1. The van der Waals surface area contributed by atoms with Crippen molar-refractivity contribution >= 4 is 11.9 Å². The molecular weight excluding hydrogens is 457 g/mol. The number of carbonyl (C=O) groups excluding carboxylic acids is 1. The highest BCUT2D eigenvalue weighted by atomic mass is 19.4. The van der Waals surface area contributed by atoms with Crippen LogP contribution in [0.25, 0.3) is 0 Å². The summed E-state index contributed by atoms with van der Waals surface area (Å²) < 4.78 is 38.2. The van der Waals surface area contributed by atoms with E-state index in [0.29, 0.717) is 18.4 Å². The number of rotatable bonds is 6. The van der Waals surface area contributed by atoms with Crippen molar-refractivity contribution in [3.05, 3.63) is 53.9 Å². The average molecular weight is 489 g/mol. The molecule has 2 aromatic rings. The van der Waals surface area contributed by atoms with Gasteiger partial charge in [0.1, 0.15) is 0 Å². The van der Waals surface area contributed by atoms with E-state index in [9.17, 15) is 18.0 Å². The zero-order valence-electron chi connectivity index (χ0n) is 19.6. The first-order valence-electron chi connectivity index (χ1n) is 12.3. The zero-order valence-corrected chi connectivity index (χ0v) is 19.6. The number of halogens is 3. The molecule has 4 aliphatic rings. The first-order chi connectivity index (χ1) is 16.9. The molecule has 1 aromatic carbocycles. The SMILES string of the molecule is O=C(NC[C@H]1C[C@@H]2CCN1C[C@@H]2CN1CCN(c2ncccn2)CC1)c1ccc(C(F)(F)F)cc1. The Morgan fingerprint density at radius 2 is 1.74 bits per heavy atom. The van der Waals surface area contributed by atoms with Gasteiger partial charge in [0, 0.05) is 69.8 Å². The summed E-state index contributed by atoms with van der Waals surface area (Å²) in [5, 5.41) is 2.94. The molecule has 5 heterocycles. The highest BCUT2D eigenvalue weighted by Gasteiger charge is 2.40. The molecule has 4 atom stereocenters. The maximum Gasteiger partial charge on any atom is 0.416 e. The molecule has 10 heteroatoms. The van der Waals surface area contributed by atoms with E-state index in [1.54, 1.807) is 12.4 Å². The molecule has 1 N–H and O–H groups in total. The third kappa shape index (κ3) is 5.59. The number of nitrogens with zero attached hydrogens (tertiary/aromatic N) is 5. The highest BCUT2D eigenvalue weighted by molar-refractivity contribution is 5.94. The number of alkyl halides is 3. The van der Waals surface area contributed by atoms with Crippen LogP contribution < -0.4 is 10.2 Å². The molecule has 0 saturated carbocycles. The van der Waals surface area contributed by atoms with Gasteiger partial charge in [-0.15, -0.1) is 0 Å². The lowest BCUT2D eigenvalue weighted by Crippen LogP contribution is -2.59. The van der Waals surface area contributed by atoms with E-state index in [2.05, 4.69) is 30.0 Å². The van der Waals surface area contributed by atoms with Gasteiger partial charge in [0.05, 0.1) is 5.56 Å². The Morgan fingerprint density at radius 3 is 2.37 bits per heavy atom. The molecule has 1 aromatic heterocycles. The quantitative estimate of drug-likeness (QED) is 0.675. The number of piperazine rings is 1. The minimum Gasteiger partial charge on any atom is -0.350 e. The van der Waals surface area contributed by atoms with E-state index >= 15 is 0 Å². The fraction of sp³-hybridized carbons (Fsp3) is 0.560. The van der Waals surface area contributed by atoms with Crippen LogP contribution in [-0.4, -0.2) is 84.1 Å². The molecule has 1 amide bonds. The van der Waals surface area contributed by atoms with Crippen LogP contribution in [0.3, 0.4) is 0 Å². The lowest BCUT2D eigenvalue weighted by Gasteiger charge is -2.51. The number of piperidine rings is 3. The summed E-state index contributed by atoms with van der Waals surface area (Å²) in [4.78, 5) is 28.5. The number of fused-ring (bicyclic) bond motifs is 3. The Kier molecular flexibility index (Phi) is 6.93. The molecule has 4 fully saturated rings. The number of anilines is 1. The van der Waals surface area contributed by atoms with Gasteiger partial charge >= 0.3 is 6.18 Å². The summed E-state index contributed by atoms with van der Waals surface area (Å²) in [6.45, 7) is 7.58. The van der Waals surface area contributed by atoms with Crippen molar-refractivity contribution in [2.45, 2.75) is 25.1 Å². The van der Waals surface area contributed by atoms with Crippen LogP contribution in [0.15, 0.2) is 42.7 Å². The van der Waals surface area contributed by atoms with E-state index in [-0.39, 0.29) is 17.5 Å². The van der Waals surface area contributed by atoms with Crippen LogP contribution in [-0.2, 0) is 6.18 Å². The monoisotopic (exact) mass is 488 g/mol. The van der Waals surface area contributed by atoms with Gasteiger partial charge in [-0.25, -0.2) is 9.97 Å². The smallest absolute Gasteiger partial charge is 0.350 e. The zero-order chi connectivity index (χ0) is 24.4. The predicted molar refractivity (Wildman–Crippen MR) is 126 cm³/mol. The van der Waals surface area contributed by atoms with Gasteiger partial charge in [-0.1, -0.05) is 0 Å². The summed E-state index contributed by atoms with van der Waals surface area (Å²) in [5.74, 6) is 1.75. The summed E-state index contributed by atoms with van der Waals surface area (Å²) in [5.41, 5.74) is -0.488. The standard InChI is InChI=1S/C25H31F3N6O/c26-25(27,28)21-4-2-18(3-5-21)23(35)31-15-22-14-19-6-9-34(22)17-20(19)16-32-10-12-33(13-11-32)24-29-7-1-8-30-24/h1-5,7-8,19-20,22H,6,9-17H2,(H,31,35)/t19-,20-,22+/m0/s1. The van der Waals surface area contributed by atoms with Crippen LogP contribution in [0.2, 0.25) is 0 Å². The number of hydrogen-bond acceptors (Lipinski definition) is 6. The van der Waals surface area contributed by atoms with Crippen molar-refractivity contribution in [3.63, 3.8) is 0 Å². The molecule has 188 valence electrons. The predicted octanol–water partition coefficient (Wildman–Crippen LogP) is 2.76. The minimum absolute atomic E-state index is 0.256. The summed E-state index contributed by atoms with van der Waals surface area (Å²) in [6, 6.07) is 6.52. The Hall–Kier alpha value is -2.72. The van der Waals surface area contributed by atoms with Crippen LogP contribution >= 0.6 is 0 Å². The lowest BCUT2D eigenvalue weighted by molar-refractivity contribution is -0.137. The normalized spacial score (nSPS) is 27.1. The van der Waals surface area contributed by atoms with E-state index < -0.39 is 11.7 Å². The summed E-state index contributed by atoms with van der Waals surface area (Å²) in [7, 11) is 0. The molecule has 2 bridgehead atoms. The van der Waals surface area contributed by atoms with E-state index in [1.165, 1.54) is 18.6 Å². The van der Waals surface area contributed by atoms with Gasteiger partial charge in [-0.3, -0.25) is 14.6 Å². The molecule has 7 nitrogen and oxygen atoms in total. The Balaban J connectivity index is 1.08. The molecule has 0 spiro atoms. The van der Waals surface area contributed by atoms with Gasteiger partial charge in [-0.2, -0.15) is 13.2 Å². The van der Waals surface area contributed by atoms with Crippen LogP contribution in [0.5, 0.6) is 0 Å². The van der Waals surface area contributed by atoms with Gasteiger partial charge < -0.3 is 10.2 Å². The number of nitrogens with one attached hydrogen (secondary N) is 1.